The molecule has 0 aliphatic heterocycles. The molecule has 0 saturated carbocycles. The van der Waals surface area contributed by atoms with Crippen LogP contribution < -0.4 is 0 Å². The Morgan fingerprint density at radius 3 is 2.70 bits per heavy atom. The standard InChI is InChI=1S/C16H12BrClO2/c1-9-2-5-14-11(6-9)8-15(20-14)16(19)10-3-4-13(18)12(17)7-10/h2-8,16,19H,1H3. The van der Waals surface area contributed by atoms with Gasteiger partial charge in [0.2, 0.25) is 0 Å². The zero-order valence-electron chi connectivity index (χ0n) is 10.7. The molecule has 0 saturated heterocycles. The van der Waals surface area contributed by atoms with Gasteiger partial charge in [0.05, 0.1) is 5.02 Å². The van der Waals surface area contributed by atoms with Gasteiger partial charge in [0.25, 0.3) is 0 Å². The van der Waals surface area contributed by atoms with Crippen molar-refractivity contribution in [2.24, 2.45) is 0 Å². The molecule has 0 amide bonds. The van der Waals surface area contributed by atoms with Crippen molar-refractivity contribution in [3.8, 4) is 0 Å². The highest BCUT2D eigenvalue weighted by molar-refractivity contribution is 9.10. The van der Waals surface area contributed by atoms with Crippen LogP contribution in [-0.4, -0.2) is 5.11 Å². The number of benzene rings is 2. The summed E-state index contributed by atoms with van der Waals surface area (Å²) < 4.78 is 6.46. The van der Waals surface area contributed by atoms with E-state index < -0.39 is 6.10 Å². The largest absolute Gasteiger partial charge is 0.458 e. The molecule has 102 valence electrons. The van der Waals surface area contributed by atoms with Gasteiger partial charge in [-0.2, -0.15) is 0 Å². The maximum absolute atomic E-state index is 10.4. The number of aliphatic hydroxyl groups excluding tert-OH is 1. The monoisotopic (exact) mass is 350 g/mol. The third-order valence-corrected chi connectivity index (χ3v) is 4.43. The van der Waals surface area contributed by atoms with Gasteiger partial charge in [-0.25, -0.2) is 0 Å². The molecule has 0 bridgehead atoms. The minimum Gasteiger partial charge on any atom is -0.458 e. The molecule has 3 aromatic rings. The summed E-state index contributed by atoms with van der Waals surface area (Å²) in [5, 5.41) is 12.0. The van der Waals surface area contributed by atoms with E-state index >= 15 is 0 Å². The topological polar surface area (TPSA) is 33.4 Å². The predicted molar refractivity (Wildman–Crippen MR) is 84.2 cm³/mol. The van der Waals surface area contributed by atoms with Gasteiger partial charge in [-0.1, -0.05) is 29.3 Å². The maximum Gasteiger partial charge on any atom is 0.138 e. The lowest BCUT2D eigenvalue weighted by atomic mass is 10.1. The molecule has 1 heterocycles. The second kappa shape index (κ2) is 5.24. The molecule has 1 unspecified atom stereocenters. The van der Waals surface area contributed by atoms with Crippen LogP contribution in [0.1, 0.15) is 23.0 Å². The average molecular weight is 352 g/mol. The van der Waals surface area contributed by atoms with Crippen molar-refractivity contribution < 1.29 is 9.52 Å². The zero-order chi connectivity index (χ0) is 14.3. The second-order valence-corrected chi connectivity index (χ2v) is 6.03. The molecule has 20 heavy (non-hydrogen) atoms. The SMILES string of the molecule is Cc1ccc2oc(C(O)c3ccc(Cl)c(Br)c3)cc2c1. The van der Waals surface area contributed by atoms with E-state index in [-0.39, 0.29) is 0 Å². The van der Waals surface area contributed by atoms with Crippen LogP contribution in [0.5, 0.6) is 0 Å². The molecule has 2 nitrogen and oxygen atoms in total. The van der Waals surface area contributed by atoms with Gasteiger partial charge >= 0.3 is 0 Å². The van der Waals surface area contributed by atoms with Gasteiger partial charge in [0.1, 0.15) is 17.4 Å². The van der Waals surface area contributed by atoms with E-state index in [0.717, 1.165) is 26.6 Å². The Morgan fingerprint density at radius 1 is 1.15 bits per heavy atom. The fourth-order valence-electron chi connectivity index (χ4n) is 2.16. The van der Waals surface area contributed by atoms with Gasteiger partial charge in [-0.05, 0) is 58.7 Å². The van der Waals surface area contributed by atoms with E-state index in [9.17, 15) is 5.11 Å². The molecular weight excluding hydrogens is 340 g/mol. The second-order valence-electron chi connectivity index (χ2n) is 4.77. The molecular formula is C16H12BrClO2. The Balaban J connectivity index is 2.02. The van der Waals surface area contributed by atoms with Gasteiger partial charge < -0.3 is 9.52 Å². The number of fused-ring (bicyclic) bond motifs is 1. The Bertz CT molecular complexity index is 779. The van der Waals surface area contributed by atoms with Crippen LogP contribution in [0.3, 0.4) is 0 Å². The van der Waals surface area contributed by atoms with Crippen LogP contribution in [0.25, 0.3) is 11.0 Å². The minimum absolute atomic E-state index is 0.528. The lowest BCUT2D eigenvalue weighted by Gasteiger charge is -2.09. The predicted octanol–water partition coefficient (Wildman–Crippen LogP) is 5.24. The third-order valence-electron chi connectivity index (χ3n) is 3.22. The summed E-state index contributed by atoms with van der Waals surface area (Å²) in [5.74, 6) is 0.528. The number of rotatable bonds is 2. The average Bonchev–Trinajstić information content (AvgIpc) is 2.84. The van der Waals surface area contributed by atoms with Crippen molar-refractivity contribution in [1.29, 1.82) is 0 Å². The molecule has 1 aromatic heterocycles. The van der Waals surface area contributed by atoms with Gasteiger partial charge in [-0.3, -0.25) is 0 Å². The Morgan fingerprint density at radius 2 is 1.95 bits per heavy atom. The molecule has 1 atom stereocenters. The van der Waals surface area contributed by atoms with E-state index in [1.807, 2.05) is 31.2 Å². The van der Waals surface area contributed by atoms with Crippen molar-refractivity contribution in [3.05, 3.63) is 68.8 Å². The summed E-state index contributed by atoms with van der Waals surface area (Å²) >= 11 is 9.32. The Kier molecular flexibility index (Phi) is 3.59. The lowest BCUT2D eigenvalue weighted by Crippen LogP contribution is -1.97. The smallest absolute Gasteiger partial charge is 0.138 e. The molecule has 4 heteroatoms. The van der Waals surface area contributed by atoms with Crippen LogP contribution in [0, 0.1) is 6.92 Å². The summed E-state index contributed by atoms with van der Waals surface area (Å²) in [6.45, 7) is 2.03. The van der Waals surface area contributed by atoms with Crippen molar-refractivity contribution in [1.82, 2.24) is 0 Å². The number of hydrogen-bond acceptors (Lipinski definition) is 2. The van der Waals surface area contributed by atoms with E-state index in [1.165, 1.54) is 0 Å². The molecule has 0 spiro atoms. The highest BCUT2D eigenvalue weighted by atomic mass is 79.9. The summed E-state index contributed by atoms with van der Waals surface area (Å²) in [7, 11) is 0. The normalized spacial score (nSPS) is 12.8. The van der Waals surface area contributed by atoms with E-state index in [4.69, 9.17) is 16.0 Å². The van der Waals surface area contributed by atoms with Gasteiger partial charge in [-0.15, -0.1) is 0 Å². The quantitative estimate of drug-likeness (QED) is 0.685. The van der Waals surface area contributed by atoms with E-state index in [1.54, 1.807) is 18.2 Å². The highest BCUT2D eigenvalue weighted by Crippen LogP contribution is 2.32. The Labute approximate surface area is 130 Å². The molecule has 3 rings (SSSR count). The number of halogens is 2. The van der Waals surface area contributed by atoms with Crippen LogP contribution in [0.4, 0.5) is 0 Å². The van der Waals surface area contributed by atoms with Crippen molar-refractivity contribution in [2.75, 3.05) is 0 Å². The summed E-state index contributed by atoms with van der Waals surface area (Å²) in [6, 6.07) is 13.1. The first-order valence-corrected chi connectivity index (χ1v) is 7.35. The first-order chi connectivity index (χ1) is 9.54. The van der Waals surface area contributed by atoms with Crippen LogP contribution in [0.2, 0.25) is 5.02 Å². The summed E-state index contributed by atoms with van der Waals surface area (Å²) in [4.78, 5) is 0. The first-order valence-electron chi connectivity index (χ1n) is 6.18. The van der Waals surface area contributed by atoms with Crippen LogP contribution in [-0.2, 0) is 0 Å². The summed E-state index contributed by atoms with van der Waals surface area (Å²) in [6.07, 6.45) is -0.809. The molecule has 2 aromatic carbocycles. The fourth-order valence-corrected chi connectivity index (χ4v) is 2.68. The van der Waals surface area contributed by atoms with Crippen molar-refractivity contribution in [3.63, 3.8) is 0 Å². The van der Waals surface area contributed by atoms with Crippen molar-refractivity contribution in [2.45, 2.75) is 13.0 Å². The fraction of sp³-hybridized carbons (Fsp3) is 0.125. The molecule has 0 radical (unpaired) electrons. The van der Waals surface area contributed by atoms with E-state index in [0.29, 0.717) is 10.8 Å². The molecule has 1 N–H and O–H groups in total. The number of aryl methyl sites for hydroxylation is 1. The molecule has 0 aliphatic carbocycles. The number of furan rings is 1. The highest BCUT2D eigenvalue weighted by Gasteiger charge is 2.16. The number of aliphatic hydroxyl groups is 1. The number of hydrogen-bond donors (Lipinski definition) is 1. The minimum atomic E-state index is -0.809. The molecule has 0 fully saturated rings. The first kappa shape index (κ1) is 13.7. The lowest BCUT2D eigenvalue weighted by molar-refractivity contribution is 0.192. The van der Waals surface area contributed by atoms with Crippen LogP contribution in [0.15, 0.2) is 51.4 Å². The summed E-state index contributed by atoms with van der Waals surface area (Å²) in [5.41, 5.74) is 2.67. The maximum atomic E-state index is 10.4. The third kappa shape index (κ3) is 2.49. The zero-order valence-corrected chi connectivity index (χ0v) is 13.1. The van der Waals surface area contributed by atoms with E-state index in [2.05, 4.69) is 15.9 Å². The van der Waals surface area contributed by atoms with Crippen LogP contribution >= 0.6 is 27.5 Å². The van der Waals surface area contributed by atoms with Gasteiger partial charge in [0.15, 0.2) is 0 Å². The van der Waals surface area contributed by atoms with Gasteiger partial charge in [0, 0.05) is 9.86 Å². The Hall–Kier alpha value is -1.29. The molecule has 0 aliphatic rings. The van der Waals surface area contributed by atoms with Crippen molar-refractivity contribution >= 4 is 38.5 Å².